The fourth-order valence-corrected chi connectivity index (χ4v) is 2.27. The van der Waals surface area contributed by atoms with Crippen LogP contribution in [0.25, 0.3) is 22.5 Å². The van der Waals surface area contributed by atoms with Gasteiger partial charge in [-0.25, -0.2) is 0 Å². The van der Waals surface area contributed by atoms with Crippen LogP contribution < -0.4 is 0 Å². The molecular weight excluding hydrogens is 305 g/mol. The van der Waals surface area contributed by atoms with Gasteiger partial charge in [-0.3, -0.25) is 4.79 Å². The standard InChI is InChI=1S/C18H11F3O2/c19-18(20,21)15-3-1-2-14(10-15)12-4-6-13(7-5-12)17-9-8-16(11-22)23-17/h1-11H. The highest BCUT2D eigenvalue weighted by molar-refractivity contribution is 5.74. The lowest BCUT2D eigenvalue weighted by Crippen LogP contribution is -2.04. The lowest BCUT2D eigenvalue weighted by Gasteiger charge is -2.09. The molecule has 0 aliphatic rings. The minimum Gasteiger partial charge on any atom is -0.453 e. The average molecular weight is 316 g/mol. The van der Waals surface area contributed by atoms with Gasteiger partial charge in [0.1, 0.15) is 5.76 Å². The number of rotatable bonds is 3. The van der Waals surface area contributed by atoms with Crippen LogP contribution in [0.15, 0.2) is 65.1 Å². The summed E-state index contributed by atoms with van der Waals surface area (Å²) in [6.07, 6.45) is -3.75. The van der Waals surface area contributed by atoms with E-state index in [1.807, 2.05) is 0 Å². The van der Waals surface area contributed by atoms with Crippen molar-refractivity contribution in [2.45, 2.75) is 6.18 Å². The number of alkyl halides is 3. The molecule has 1 aromatic heterocycles. The molecule has 0 aliphatic carbocycles. The minimum atomic E-state index is -4.37. The number of hydrogen-bond donors (Lipinski definition) is 0. The van der Waals surface area contributed by atoms with Crippen LogP contribution in [0.5, 0.6) is 0 Å². The van der Waals surface area contributed by atoms with Crippen molar-refractivity contribution in [2.24, 2.45) is 0 Å². The molecule has 0 unspecified atom stereocenters. The van der Waals surface area contributed by atoms with E-state index >= 15 is 0 Å². The van der Waals surface area contributed by atoms with E-state index in [1.165, 1.54) is 6.07 Å². The van der Waals surface area contributed by atoms with Gasteiger partial charge in [0.2, 0.25) is 0 Å². The first kappa shape index (κ1) is 15.1. The monoisotopic (exact) mass is 316 g/mol. The second-order valence-corrected chi connectivity index (χ2v) is 4.98. The predicted molar refractivity (Wildman–Crippen MR) is 80.0 cm³/mol. The first-order valence-electron chi connectivity index (χ1n) is 6.80. The Kier molecular flexibility index (Phi) is 3.78. The Morgan fingerprint density at radius 3 is 2.13 bits per heavy atom. The Bertz CT molecular complexity index is 830. The summed E-state index contributed by atoms with van der Waals surface area (Å²) in [6.45, 7) is 0. The molecule has 2 nitrogen and oxygen atoms in total. The van der Waals surface area contributed by atoms with E-state index in [-0.39, 0.29) is 5.76 Å². The highest BCUT2D eigenvalue weighted by Crippen LogP contribution is 2.32. The van der Waals surface area contributed by atoms with E-state index in [1.54, 1.807) is 42.5 Å². The van der Waals surface area contributed by atoms with Gasteiger partial charge in [-0.15, -0.1) is 0 Å². The van der Waals surface area contributed by atoms with Crippen LogP contribution in [0.3, 0.4) is 0 Å². The maximum atomic E-state index is 12.8. The van der Waals surface area contributed by atoms with Gasteiger partial charge in [-0.1, -0.05) is 36.4 Å². The molecule has 0 saturated heterocycles. The molecule has 3 aromatic rings. The van der Waals surface area contributed by atoms with Gasteiger partial charge in [0.25, 0.3) is 0 Å². The fraction of sp³-hybridized carbons (Fsp3) is 0.0556. The smallest absolute Gasteiger partial charge is 0.416 e. The van der Waals surface area contributed by atoms with E-state index in [0.29, 0.717) is 23.2 Å². The number of halogens is 3. The van der Waals surface area contributed by atoms with Crippen molar-refractivity contribution >= 4 is 6.29 Å². The van der Waals surface area contributed by atoms with E-state index in [9.17, 15) is 18.0 Å². The Labute approximate surface area is 130 Å². The normalized spacial score (nSPS) is 11.4. The van der Waals surface area contributed by atoms with Gasteiger partial charge in [-0.05, 0) is 35.4 Å². The van der Waals surface area contributed by atoms with E-state index in [4.69, 9.17) is 4.42 Å². The Hall–Kier alpha value is -2.82. The maximum absolute atomic E-state index is 12.8. The van der Waals surface area contributed by atoms with Gasteiger partial charge >= 0.3 is 6.18 Å². The molecule has 0 amide bonds. The quantitative estimate of drug-likeness (QED) is 0.602. The molecule has 0 atom stereocenters. The van der Waals surface area contributed by atoms with Crippen molar-refractivity contribution in [3.8, 4) is 22.5 Å². The van der Waals surface area contributed by atoms with Gasteiger partial charge in [-0.2, -0.15) is 13.2 Å². The maximum Gasteiger partial charge on any atom is 0.416 e. The largest absolute Gasteiger partial charge is 0.453 e. The van der Waals surface area contributed by atoms with Crippen LogP contribution in [0.1, 0.15) is 16.1 Å². The van der Waals surface area contributed by atoms with Crippen LogP contribution in [-0.4, -0.2) is 6.29 Å². The molecule has 0 aliphatic heterocycles. The van der Waals surface area contributed by atoms with Crippen LogP contribution in [0.2, 0.25) is 0 Å². The fourth-order valence-electron chi connectivity index (χ4n) is 2.27. The summed E-state index contributed by atoms with van der Waals surface area (Å²) in [5, 5.41) is 0. The number of benzene rings is 2. The van der Waals surface area contributed by atoms with Crippen molar-refractivity contribution in [1.82, 2.24) is 0 Å². The zero-order valence-corrected chi connectivity index (χ0v) is 11.8. The Morgan fingerprint density at radius 2 is 1.52 bits per heavy atom. The van der Waals surface area contributed by atoms with E-state index in [0.717, 1.165) is 17.7 Å². The molecule has 0 saturated carbocycles. The SMILES string of the molecule is O=Cc1ccc(-c2ccc(-c3cccc(C(F)(F)F)c3)cc2)o1. The highest BCUT2D eigenvalue weighted by Gasteiger charge is 2.30. The van der Waals surface area contributed by atoms with Crippen molar-refractivity contribution in [1.29, 1.82) is 0 Å². The predicted octanol–water partition coefficient (Wildman–Crippen LogP) is 5.44. The third-order valence-corrected chi connectivity index (χ3v) is 3.44. The molecule has 5 heteroatoms. The molecule has 0 fully saturated rings. The zero-order valence-electron chi connectivity index (χ0n) is 11.8. The molecular formula is C18H11F3O2. The summed E-state index contributed by atoms with van der Waals surface area (Å²) in [5.74, 6) is 0.754. The second kappa shape index (κ2) is 5.76. The van der Waals surface area contributed by atoms with Gasteiger partial charge in [0.15, 0.2) is 12.0 Å². The van der Waals surface area contributed by atoms with Crippen molar-refractivity contribution < 1.29 is 22.4 Å². The second-order valence-electron chi connectivity index (χ2n) is 4.98. The molecule has 2 aromatic carbocycles. The molecule has 0 bridgehead atoms. The van der Waals surface area contributed by atoms with Crippen LogP contribution in [0.4, 0.5) is 13.2 Å². The average Bonchev–Trinajstić information content (AvgIpc) is 3.03. The molecule has 0 radical (unpaired) electrons. The number of carbonyl (C=O) groups is 1. The van der Waals surface area contributed by atoms with Crippen LogP contribution in [-0.2, 0) is 6.18 Å². The van der Waals surface area contributed by atoms with E-state index < -0.39 is 11.7 Å². The molecule has 1 heterocycles. The number of aldehydes is 1. The summed E-state index contributed by atoms with van der Waals surface area (Å²) in [7, 11) is 0. The Morgan fingerprint density at radius 1 is 0.826 bits per heavy atom. The van der Waals surface area contributed by atoms with Crippen molar-refractivity contribution in [3.05, 3.63) is 72.0 Å². The van der Waals surface area contributed by atoms with Gasteiger partial charge in [0.05, 0.1) is 5.56 Å². The molecule has 0 spiro atoms. The summed E-state index contributed by atoms with van der Waals surface area (Å²) < 4.78 is 43.6. The number of carbonyl (C=O) groups excluding carboxylic acids is 1. The topological polar surface area (TPSA) is 30.2 Å². The van der Waals surface area contributed by atoms with Gasteiger partial charge < -0.3 is 4.42 Å². The lowest BCUT2D eigenvalue weighted by molar-refractivity contribution is -0.137. The summed E-state index contributed by atoms with van der Waals surface area (Å²) >= 11 is 0. The van der Waals surface area contributed by atoms with Crippen LogP contribution in [0, 0.1) is 0 Å². The molecule has 23 heavy (non-hydrogen) atoms. The summed E-state index contributed by atoms with van der Waals surface area (Å²) in [6, 6.07) is 15.3. The molecule has 3 rings (SSSR count). The van der Waals surface area contributed by atoms with Crippen molar-refractivity contribution in [2.75, 3.05) is 0 Å². The minimum absolute atomic E-state index is 0.224. The van der Waals surface area contributed by atoms with Crippen LogP contribution >= 0.6 is 0 Å². The molecule has 0 N–H and O–H groups in total. The first-order valence-corrected chi connectivity index (χ1v) is 6.80. The third kappa shape index (κ3) is 3.18. The highest BCUT2D eigenvalue weighted by atomic mass is 19.4. The van der Waals surface area contributed by atoms with Gasteiger partial charge in [0, 0.05) is 5.56 Å². The van der Waals surface area contributed by atoms with Crippen molar-refractivity contribution in [3.63, 3.8) is 0 Å². The number of hydrogen-bond acceptors (Lipinski definition) is 2. The zero-order chi connectivity index (χ0) is 16.4. The first-order chi connectivity index (χ1) is 11.0. The Balaban J connectivity index is 1.92. The summed E-state index contributed by atoms with van der Waals surface area (Å²) in [4.78, 5) is 10.6. The van der Waals surface area contributed by atoms with E-state index in [2.05, 4.69) is 0 Å². The molecule has 116 valence electrons. The summed E-state index contributed by atoms with van der Waals surface area (Å²) in [5.41, 5.74) is 1.22. The third-order valence-electron chi connectivity index (χ3n) is 3.44. The number of furan rings is 1. The lowest BCUT2D eigenvalue weighted by atomic mass is 10.0.